The fourth-order valence-electron chi connectivity index (χ4n) is 6.69. The number of carbonyl (C=O) groups excluding carboxylic acids is 5. The summed E-state index contributed by atoms with van der Waals surface area (Å²) in [6.07, 6.45) is 8.08. The van der Waals surface area contributed by atoms with Crippen molar-refractivity contribution in [2.75, 3.05) is 6.54 Å². The number of piperidine rings is 1. The molecule has 4 aliphatic carbocycles. The number of nitrogens with two attached hydrogens (primary N) is 1. The lowest BCUT2D eigenvalue weighted by Gasteiger charge is -2.37. The van der Waals surface area contributed by atoms with E-state index in [0.29, 0.717) is 13.0 Å². The van der Waals surface area contributed by atoms with Crippen LogP contribution in [-0.2, 0) is 23.9 Å². The van der Waals surface area contributed by atoms with E-state index in [1.165, 1.54) is 0 Å². The number of amides is 4. The van der Waals surface area contributed by atoms with Crippen LogP contribution in [-0.4, -0.2) is 65.3 Å². The SMILES string of the molecule is CC1(C)C2[C@@H](C(=O)NC(CC3CC3)C(=O)C(N)=O)N(C(=O)[C@@H](NC(=O)OC3CC3)C3CCCCC3)C[C@H]21. The summed E-state index contributed by atoms with van der Waals surface area (Å²) in [5, 5.41) is 5.64. The van der Waals surface area contributed by atoms with Crippen molar-refractivity contribution in [3.63, 3.8) is 0 Å². The van der Waals surface area contributed by atoms with Crippen LogP contribution >= 0.6 is 0 Å². The lowest BCUT2D eigenvalue weighted by Crippen LogP contribution is -2.59. The minimum absolute atomic E-state index is 0.0132. The van der Waals surface area contributed by atoms with Crippen molar-refractivity contribution in [1.29, 1.82) is 0 Å². The van der Waals surface area contributed by atoms with Crippen LogP contribution in [0, 0.1) is 29.1 Å². The zero-order chi connectivity index (χ0) is 26.5. The summed E-state index contributed by atoms with van der Waals surface area (Å²) in [7, 11) is 0. The van der Waals surface area contributed by atoms with E-state index in [-0.39, 0.29) is 41.1 Å². The van der Waals surface area contributed by atoms with Gasteiger partial charge in [-0.05, 0) is 61.2 Å². The van der Waals surface area contributed by atoms with Crippen molar-refractivity contribution in [3.05, 3.63) is 0 Å². The van der Waals surface area contributed by atoms with E-state index in [2.05, 4.69) is 24.5 Å². The minimum atomic E-state index is -1.06. The van der Waals surface area contributed by atoms with Gasteiger partial charge in [0.15, 0.2) is 0 Å². The van der Waals surface area contributed by atoms with Gasteiger partial charge in [0.2, 0.25) is 17.6 Å². The third-order valence-electron chi connectivity index (χ3n) is 9.36. The van der Waals surface area contributed by atoms with Gasteiger partial charge in [0.1, 0.15) is 18.2 Å². The Bertz CT molecular complexity index is 968. The van der Waals surface area contributed by atoms with Gasteiger partial charge >= 0.3 is 6.09 Å². The first-order valence-corrected chi connectivity index (χ1v) is 14.0. The van der Waals surface area contributed by atoms with Gasteiger partial charge in [-0.3, -0.25) is 19.2 Å². The number of alkyl carbamates (subject to hydrolysis) is 1. The molecule has 204 valence electrons. The van der Waals surface area contributed by atoms with E-state index < -0.39 is 41.8 Å². The van der Waals surface area contributed by atoms with Crippen LogP contribution < -0.4 is 16.4 Å². The molecule has 10 nitrogen and oxygen atoms in total. The van der Waals surface area contributed by atoms with Crippen molar-refractivity contribution >= 4 is 29.6 Å². The molecule has 0 bridgehead atoms. The first-order chi connectivity index (χ1) is 17.6. The Morgan fingerprint density at radius 1 is 0.973 bits per heavy atom. The molecule has 0 radical (unpaired) electrons. The summed E-state index contributed by atoms with van der Waals surface area (Å²) in [4.78, 5) is 66.0. The number of ether oxygens (including phenoxy) is 1. The van der Waals surface area contributed by atoms with E-state index in [9.17, 15) is 24.0 Å². The molecule has 5 atom stereocenters. The molecule has 1 saturated heterocycles. The molecule has 5 fully saturated rings. The van der Waals surface area contributed by atoms with Gasteiger partial charge in [0.25, 0.3) is 5.91 Å². The molecule has 0 aromatic heterocycles. The number of nitrogens with one attached hydrogen (secondary N) is 2. The lowest BCUT2D eigenvalue weighted by molar-refractivity contribution is -0.144. The maximum Gasteiger partial charge on any atom is 0.408 e. The summed E-state index contributed by atoms with van der Waals surface area (Å²) in [6.45, 7) is 4.60. The molecule has 4 saturated carbocycles. The lowest BCUT2D eigenvalue weighted by atomic mass is 9.83. The molecule has 4 N–H and O–H groups in total. The van der Waals surface area contributed by atoms with Gasteiger partial charge in [-0.1, -0.05) is 46.0 Å². The van der Waals surface area contributed by atoms with Crippen LogP contribution in [0.25, 0.3) is 0 Å². The van der Waals surface area contributed by atoms with Crippen LogP contribution in [0.4, 0.5) is 4.79 Å². The smallest absolute Gasteiger partial charge is 0.408 e. The Balaban J connectivity index is 1.34. The molecule has 5 rings (SSSR count). The summed E-state index contributed by atoms with van der Waals surface area (Å²) >= 11 is 0. The molecule has 0 spiro atoms. The maximum absolute atomic E-state index is 14.0. The zero-order valence-electron chi connectivity index (χ0n) is 21.9. The molecule has 0 aromatic carbocycles. The van der Waals surface area contributed by atoms with E-state index in [0.717, 1.165) is 57.8 Å². The predicted molar refractivity (Wildman–Crippen MR) is 133 cm³/mol. The molecular weight excluding hydrogens is 476 g/mol. The highest BCUT2D eigenvalue weighted by atomic mass is 16.6. The standard InChI is InChI=1S/C27H40N4O6/c1-27(2)17-13-31(21(19(17)27)24(34)29-18(12-14-8-9-14)22(32)23(28)33)25(35)20(15-6-4-3-5-7-15)30-26(36)37-16-10-11-16/h14-21H,3-13H2,1-2H3,(H2,28,33)(H,29,34)(H,30,36)/t17-,18?,19?,20+,21+/m1/s1. The normalized spacial score (nSPS) is 30.0. The van der Waals surface area contributed by atoms with Crippen molar-refractivity contribution in [3.8, 4) is 0 Å². The number of primary amides is 1. The quantitative estimate of drug-likeness (QED) is 0.376. The Kier molecular flexibility index (Phi) is 6.96. The van der Waals surface area contributed by atoms with E-state index in [4.69, 9.17) is 10.5 Å². The van der Waals surface area contributed by atoms with E-state index >= 15 is 0 Å². The Hall–Kier alpha value is -2.65. The van der Waals surface area contributed by atoms with Gasteiger partial charge in [-0.2, -0.15) is 0 Å². The van der Waals surface area contributed by atoms with Crippen LogP contribution in [0.2, 0.25) is 0 Å². The van der Waals surface area contributed by atoms with Gasteiger partial charge in [0, 0.05) is 6.54 Å². The molecule has 5 aliphatic rings. The van der Waals surface area contributed by atoms with Crippen LogP contribution in [0.1, 0.15) is 78.1 Å². The number of likely N-dealkylation sites (tertiary alicyclic amines) is 1. The number of rotatable bonds is 10. The monoisotopic (exact) mass is 516 g/mol. The van der Waals surface area contributed by atoms with Gasteiger partial charge in [-0.15, -0.1) is 0 Å². The van der Waals surface area contributed by atoms with E-state index in [1.54, 1.807) is 4.90 Å². The minimum Gasteiger partial charge on any atom is -0.446 e. The Morgan fingerprint density at radius 2 is 1.65 bits per heavy atom. The summed E-state index contributed by atoms with van der Waals surface area (Å²) in [6, 6.07) is -2.49. The van der Waals surface area contributed by atoms with Crippen molar-refractivity contribution in [1.82, 2.24) is 15.5 Å². The average molecular weight is 517 g/mol. The number of carbonyl (C=O) groups is 5. The number of hydrogen-bond acceptors (Lipinski definition) is 6. The largest absolute Gasteiger partial charge is 0.446 e. The molecule has 0 aromatic rings. The van der Waals surface area contributed by atoms with Gasteiger partial charge in [-0.25, -0.2) is 4.79 Å². The molecule has 1 aliphatic heterocycles. The van der Waals surface area contributed by atoms with Crippen LogP contribution in [0.15, 0.2) is 0 Å². The van der Waals surface area contributed by atoms with Gasteiger partial charge in [0.05, 0.1) is 6.04 Å². The molecule has 2 unspecified atom stereocenters. The number of Topliss-reactive ketones (excluding diaryl/α,β-unsaturated/α-hetero) is 1. The third kappa shape index (κ3) is 5.48. The van der Waals surface area contributed by atoms with Gasteiger partial charge < -0.3 is 26.0 Å². The second-order valence-corrected chi connectivity index (χ2v) is 12.5. The molecule has 37 heavy (non-hydrogen) atoms. The molecule has 1 heterocycles. The maximum atomic E-state index is 14.0. The summed E-state index contributed by atoms with van der Waals surface area (Å²) < 4.78 is 5.40. The first-order valence-electron chi connectivity index (χ1n) is 14.0. The summed E-state index contributed by atoms with van der Waals surface area (Å²) in [5.41, 5.74) is 5.15. The number of hydrogen-bond donors (Lipinski definition) is 3. The van der Waals surface area contributed by atoms with Crippen molar-refractivity contribution < 1.29 is 28.7 Å². The second-order valence-electron chi connectivity index (χ2n) is 12.5. The highest BCUT2D eigenvalue weighted by molar-refractivity contribution is 6.37. The van der Waals surface area contributed by atoms with Crippen molar-refractivity contribution in [2.24, 2.45) is 34.8 Å². The Labute approximate surface area is 217 Å². The highest BCUT2D eigenvalue weighted by Crippen LogP contribution is 2.65. The number of nitrogens with zero attached hydrogens (tertiary/aromatic N) is 1. The first kappa shape index (κ1) is 26.0. The number of ketones is 1. The summed E-state index contributed by atoms with van der Waals surface area (Å²) in [5.74, 6) is -2.16. The fraction of sp³-hybridized carbons (Fsp3) is 0.815. The molecule has 10 heteroatoms. The Morgan fingerprint density at radius 3 is 2.24 bits per heavy atom. The van der Waals surface area contributed by atoms with E-state index in [1.807, 2.05) is 0 Å². The molecule has 4 amide bonds. The zero-order valence-corrected chi connectivity index (χ0v) is 21.9. The topological polar surface area (TPSA) is 148 Å². The third-order valence-corrected chi connectivity index (χ3v) is 9.36. The molecular formula is C27H40N4O6. The van der Waals surface area contributed by atoms with Crippen molar-refractivity contribution in [2.45, 2.75) is 102 Å². The second kappa shape index (κ2) is 9.91. The van der Waals surface area contributed by atoms with Crippen LogP contribution in [0.5, 0.6) is 0 Å². The average Bonchev–Trinajstić information content (AvgIpc) is 3.82. The predicted octanol–water partition coefficient (Wildman–Crippen LogP) is 1.65. The highest BCUT2D eigenvalue weighted by Gasteiger charge is 2.69. The van der Waals surface area contributed by atoms with Crippen LogP contribution in [0.3, 0.4) is 0 Å². The fourth-order valence-corrected chi connectivity index (χ4v) is 6.69. The number of fused-ring (bicyclic) bond motifs is 1.